The minimum Gasteiger partial charge on any atom is -0.491 e. The van der Waals surface area contributed by atoms with Crippen LogP contribution in [0.4, 0.5) is 4.79 Å². The van der Waals surface area contributed by atoms with Crippen molar-refractivity contribution < 1.29 is 19.1 Å². The van der Waals surface area contributed by atoms with Gasteiger partial charge in [-0.3, -0.25) is 14.5 Å². The lowest BCUT2D eigenvalue weighted by Crippen LogP contribution is -2.32. The molecule has 1 fully saturated rings. The van der Waals surface area contributed by atoms with Crippen molar-refractivity contribution in [1.29, 1.82) is 0 Å². The van der Waals surface area contributed by atoms with Gasteiger partial charge in [0.2, 0.25) is 0 Å². The second kappa shape index (κ2) is 10.6. The highest BCUT2D eigenvalue weighted by molar-refractivity contribution is 8.18. The van der Waals surface area contributed by atoms with Crippen molar-refractivity contribution in [2.45, 2.75) is 26.7 Å². The first-order valence-corrected chi connectivity index (χ1v) is 12.0. The lowest BCUT2D eigenvalue weighted by molar-refractivity contribution is -0.123. The van der Waals surface area contributed by atoms with Crippen molar-refractivity contribution in [3.05, 3.63) is 94.4 Å². The third-order valence-electron chi connectivity index (χ3n) is 5.37. The van der Waals surface area contributed by atoms with E-state index in [1.54, 1.807) is 6.08 Å². The molecular weight excluding hydrogens is 446 g/mol. The maximum absolute atomic E-state index is 12.9. The number of para-hydroxylation sites is 1. The molecule has 0 aromatic heterocycles. The van der Waals surface area contributed by atoms with Gasteiger partial charge in [0.25, 0.3) is 11.1 Å². The Hall–Kier alpha value is -3.51. The Morgan fingerprint density at radius 3 is 2.47 bits per heavy atom. The number of benzene rings is 3. The third kappa shape index (κ3) is 5.69. The predicted molar refractivity (Wildman–Crippen MR) is 136 cm³/mol. The van der Waals surface area contributed by atoms with Gasteiger partial charge in [-0.2, -0.15) is 0 Å². The number of ether oxygens (including phenoxy) is 2. The van der Waals surface area contributed by atoms with E-state index in [0.717, 1.165) is 40.0 Å². The van der Waals surface area contributed by atoms with Gasteiger partial charge in [-0.25, -0.2) is 0 Å². The van der Waals surface area contributed by atoms with Crippen LogP contribution < -0.4 is 9.47 Å². The van der Waals surface area contributed by atoms with Crippen LogP contribution in [-0.4, -0.2) is 29.2 Å². The van der Waals surface area contributed by atoms with E-state index < -0.39 is 0 Å². The average molecular weight is 474 g/mol. The van der Waals surface area contributed by atoms with Crippen LogP contribution in [0.2, 0.25) is 0 Å². The van der Waals surface area contributed by atoms with Gasteiger partial charge in [0.05, 0.1) is 11.4 Å². The van der Waals surface area contributed by atoms with E-state index in [4.69, 9.17) is 9.47 Å². The van der Waals surface area contributed by atoms with Crippen molar-refractivity contribution in [1.82, 2.24) is 4.90 Å². The molecule has 1 aliphatic rings. The first-order valence-electron chi connectivity index (χ1n) is 11.2. The lowest BCUT2D eigenvalue weighted by Gasteiger charge is -2.17. The van der Waals surface area contributed by atoms with E-state index >= 15 is 0 Å². The smallest absolute Gasteiger partial charge is 0.293 e. The molecule has 1 aliphatic heterocycles. The number of carbonyl (C=O) groups excluding carboxylic acids is 2. The predicted octanol–water partition coefficient (Wildman–Crippen LogP) is 7.03. The molecule has 0 saturated carbocycles. The Morgan fingerprint density at radius 1 is 0.941 bits per heavy atom. The summed E-state index contributed by atoms with van der Waals surface area (Å²) in [6.07, 6.45) is 1.72. The summed E-state index contributed by atoms with van der Waals surface area (Å²) in [5.74, 6) is 2.20. The number of hydrogen-bond acceptors (Lipinski definition) is 5. The summed E-state index contributed by atoms with van der Waals surface area (Å²) in [5.41, 5.74) is 3.00. The van der Waals surface area contributed by atoms with Crippen LogP contribution >= 0.6 is 11.8 Å². The van der Waals surface area contributed by atoms with Crippen LogP contribution in [-0.2, 0) is 4.79 Å². The summed E-state index contributed by atoms with van der Waals surface area (Å²) in [6, 6.07) is 23.0. The van der Waals surface area contributed by atoms with Gasteiger partial charge in [0.15, 0.2) is 0 Å². The molecule has 0 atom stereocenters. The zero-order valence-corrected chi connectivity index (χ0v) is 20.3. The zero-order chi connectivity index (χ0) is 24.1. The van der Waals surface area contributed by atoms with Gasteiger partial charge in [0, 0.05) is 0 Å². The molecule has 0 radical (unpaired) electrons. The number of aryl methyl sites for hydroxylation is 1. The highest BCUT2D eigenvalue weighted by Crippen LogP contribution is 2.33. The van der Waals surface area contributed by atoms with E-state index in [0.29, 0.717) is 16.6 Å². The molecule has 2 amide bonds. The maximum atomic E-state index is 12.9. The first kappa shape index (κ1) is 23.6. The van der Waals surface area contributed by atoms with Gasteiger partial charge in [-0.05, 0) is 77.7 Å². The highest BCUT2D eigenvalue weighted by atomic mass is 32.2. The molecule has 0 bridgehead atoms. The average Bonchev–Trinajstić information content (AvgIpc) is 3.07. The Balaban J connectivity index is 1.41. The Bertz CT molecular complexity index is 1220. The third-order valence-corrected chi connectivity index (χ3v) is 6.28. The molecular formula is C28H27NO4S. The number of amides is 2. The van der Waals surface area contributed by atoms with Gasteiger partial charge in [0.1, 0.15) is 23.9 Å². The normalized spacial score (nSPS) is 14.8. The summed E-state index contributed by atoms with van der Waals surface area (Å²) < 4.78 is 11.8. The minimum absolute atomic E-state index is 0.199. The second-order valence-electron chi connectivity index (χ2n) is 8.37. The number of rotatable bonds is 8. The van der Waals surface area contributed by atoms with Crippen molar-refractivity contribution >= 4 is 29.0 Å². The van der Waals surface area contributed by atoms with E-state index in [1.165, 1.54) is 4.90 Å². The van der Waals surface area contributed by atoms with Crippen LogP contribution in [0.1, 0.15) is 36.5 Å². The number of imide groups is 1. The zero-order valence-electron chi connectivity index (χ0n) is 19.5. The molecule has 3 aromatic rings. The molecule has 34 heavy (non-hydrogen) atoms. The van der Waals surface area contributed by atoms with Gasteiger partial charge in [-0.1, -0.05) is 56.3 Å². The Morgan fingerprint density at radius 2 is 1.71 bits per heavy atom. The molecule has 5 nitrogen and oxygen atoms in total. The fourth-order valence-electron chi connectivity index (χ4n) is 3.63. The topological polar surface area (TPSA) is 55.8 Å². The molecule has 174 valence electrons. The Kier molecular flexibility index (Phi) is 7.38. The van der Waals surface area contributed by atoms with Crippen LogP contribution in [0.15, 0.2) is 77.7 Å². The van der Waals surface area contributed by atoms with Crippen LogP contribution in [0, 0.1) is 6.92 Å². The second-order valence-corrected chi connectivity index (χ2v) is 9.36. The largest absolute Gasteiger partial charge is 0.491 e. The summed E-state index contributed by atoms with van der Waals surface area (Å²) in [7, 11) is 0. The minimum atomic E-state index is -0.304. The summed E-state index contributed by atoms with van der Waals surface area (Å²) >= 11 is 0.945. The molecule has 4 rings (SSSR count). The van der Waals surface area contributed by atoms with Crippen LogP contribution in [0.25, 0.3) is 6.08 Å². The number of hydrogen-bond donors (Lipinski definition) is 0. The van der Waals surface area contributed by atoms with Crippen LogP contribution in [0.5, 0.6) is 17.2 Å². The lowest BCUT2D eigenvalue weighted by atomic mass is 10.0. The summed E-state index contributed by atoms with van der Waals surface area (Å²) in [4.78, 5) is 27.0. The van der Waals surface area contributed by atoms with E-state index in [1.807, 2.05) is 67.6 Å². The molecule has 1 saturated heterocycles. The molecule has 1 heterocycles. The summed E-state index contributed by atoms with van der Waals surface area (Å²) in [5, 5.41) is -0.287. The van der Waals surface area contributed by atoms with Gasteiger partial charge < -0.3 is 9.47 Å². The Labute approximate surface area is 204 Å². The molecule has 3 aromatic carbocycles. The highest BCUT2D eigenvalue weighted by Gasteiger charge is 2.34. The maximum Gasteiger partial charge on any atom is 0.293 e. The monoisotopic (exact) mass is 473 g/mol. The summed E-state index contributed by atoms with van der Waals surface area (Å²) in [6.45, 7) is 6.68. The molecule has 0 N–H and O–H groups in total. The number of thioether (sulfide) groups is 1. The van der Waals surface area contributed by atoms with Crippen molar-refractivity contribution in [3.63, 3.8) is 0 Å². The number of carbonyl (C=O) groups is 2. The van der Waals surface area contributed by atoms with Crippen LogP contribution in [0.3, 0.4) is 0 Å². The van der Waals surface area contributed by atoms with E-state index in [2.05, 4.69) is 26.0 Å². The van der Waals surface area contributed by atoms with Crippen molar-refractivity contribution in [2.75, 3.05) is 13.2 Å². The van der Waals surface area contributed by atoms with Gasteiger partial charge >= 0.3 is 0 Å². The fraction of sp³-hybridized carbons (Fsp3) is 0.214. The molecule has 0 unspecified atom stereocenters. The first-order chi connectivity index (χ1) is 16.4. The fourth-order valence-corrected chi connectivity index (χ4v) is 4.49. The molecule has 6 heteroatoms. The van der Waals surface area contributed by atoms with E-state index in [-0.39, 0.29) is 24.3 Å². The standard InChI is InChI=1S/C28H27NO4S/c1-19(2)24-13-12-20(3)16-25(24)32-15-14-29-27(30)26(34-28(29)31)18-21-8-7-11-23(17-21)33-22-9-5-4-6-10-22/h4-13,16-19H,14-15H2,1-3H3/b26-18-. The molecule has 0 aliphatic carbocycles. The van der Waals surface area contributed by atoms with Crippen molar-refractivity contribution in [3.8, 4) is 17.2 Å². The van der Waals surface area contributed by atoms with E-state index in [9.17, 15) is 9.59 Å². The molecule has 0 spiro atoms. The quantitative estimate of drug-likeness (QED) is 0.329. The SMILES string of the molecule is Cc1ccc(C(C)C)c(OCCN2C(=O)S/C(=C\c3cccc(Oc4ccccc4)c3)C2=O)c1. The van der Waals surface area contributed by atoms with Crippen molar-refractivity contribution in [2.24, 2.45) is 0 Å². The van der Waals surface area contributed by atoms with Gasteiger partial charge in [-0.15, -0.1) is 0 Å². The number of nitrogens with zero attached hydrogens (tertiary/aromatic N) is 1.